The zero-order valence-corrected chi connectivity index (χ0v) is 13.0. The van der Waals surface area contributed by atoms with Crippen LogP contribution >= 0.6 is 0 Å². The van der Waals surface area contributed by atoms with Crippen LogP contribution in [0.5, 0.6) is 0 Å². The second-order valence-corrected chi connectivity index (χ2v) is 8.05. The molecule has 0 radical (unpaired) electrons. The summed E-state index contributed by atoms with van der Waals surface area (Å²) in [5.74, 6) is 0.574. The highest BCUT2D eigenvalue weighted by molar-refractivity contribution is 7.88. The summed E-state index contributed by atoms with van der Waals surface area (Å²) in [6, 6.07) is -0.111. The number of nitrogens with zero attached hydrogens (tertiary/aromatic N) is 3. The van der Waals surface area contributed by atoms with Gasteiger partial charge in [-0.3, -0.25) is 9.48 Å². The molecule has 1 saturated heterocycles. The fraction of sp³-hybridized carbons (Fsp3) is 0.692. The molecule has 116 valence electrons. The van der Waals surface area contributed by atoms with Gasteiger partial charge in [0, 0.05) is 32.4 Å². The van der Waals surface area contributed by atoms with E-state index in [9.17, 15) is 13.2 Å². The van der Waals surface area contributed by atoms with Gasteiger partial charge in [0.2, 0.25) is 10.0 Å². The lowest BCUT2D eigenvalue weighted by Gasteiger charge is -2.18. The van der Waals surface area contributed by atoms with E-state index in [-0.39, 0.29) is 17.9 Å². The van der Waals surface area contributed by atoms with Crippen LogP contribution in [0.15, 0.2) is 12.4 Å². The minimum atomic E-state index is -3.20. The molecule has 1 aliphatic heterocycles. The van der Waals surface area contributed by atoms with Crippen molar-refractivity contribution in [2.24, 2.45) is 18.9 Å². The Morgan fingerprint density at radius 1 is 1.38 bits per heavy atom. The van der Waals surface area contributed by atoms with Crippen LogP contribution in [0.3, 0.4) is 0 Å². The lowest BCUT2D eigenvalue weighted by molar-refractivity contribution is 0.0928. The third-order valence-corrected chi connectivity index (χ3v) is 5.55. The first-order valence-corrected chi connectivity index (χ1v) is 8.94. The summed E-state index contributed by atoms with van der Waals surface area (Å²) in [7, 11) is -1.45. The maximum atomic E-state index is 12.2. The quantitative estimate of drug-likeness (QED) is 0.836. The van der Waals surface area contributed by atoms with Crippen LogP contribution in [0.1, 0.15) is 23.2 Å². The van der Waals surface area contributed by atoms with Gasteiger partial charge in [0.15, 0.2) is 0 Å². The fourth-order valence-electron chi connectivity index (χ4n) is 3.01. The minimum Gasteiger partial charge on any atom is -0.348 e. The molecule has 8 heteroatoms. The summed E-state index contributed by atoms with van der Waals surface area (Å²) in [5, 5.41) is 6.97. The predicted octanol–water partition coefficient (Wildman–Crippen LogP) is -0.180. The summed E-state index contributed by atoms with van der Waals surface area (Å²) < 4.78 is 26.5. The summed E-state index contributed by atoms with van der Waals surface area (Å²) in [5.41, 5.74) is 0.504. The van der Waals surface area contributed by atoms with E-state index in [0.717, 1.165) is 12.8 Å². The van der Waals surface area contributed by atoms with E-state index in [1.165, 1.54) is 16.8 Å². The molecule has 7 nitrogen and oxygen atoms in total. The number of amides is 1. The molecule has 2 aliphatic rings. The van der Waals surface area contributed by atoms with Crippen molar-refractivity contribution in [2.45, 2.75) is 18.9 Å². The molecule has 21 heavy (non-hydrogen) atoms. The SMILES string of the molecule is Cn1cc(C(=O)N[C@H]2CN(S(C)(=O)=O)C[C@@H]2C2CC2)cn1. The van der Waals surface area contributed by atoms with Crippen molar-refractivity contribution >= 4 is 15.9 Å². The van der Waals surface area contributed by atoms with Crippen molar-refractivity contribution in [1.29, 1.82) is 0 Å². The molecule has 2 atom stereocenters. The Morgan fingerprint density at radius 2 is 2.10 bits per heavy atom. The van der Waals surface area contributed by atoms with Crippen molar-refractivity contribution < 1.29 is 13.2 Å². The summed E-state index contributed by atoms with van der Waals surface area (Å²) in [6.07, 6.45) is 6.65. The molecule has 3 rings (SSSR count). The Morgan fingerprint density at radius 3 is 2.62 bits per heavy atom. The van der Waals surface area contributed by atoms with Gasteiger partial charge in [-0.1, -0.05) is 0 Å². The van der Waals surface area contributed by atoms with Gasteiger partial charge in [-0.2, -0.15) is 9.40 Å². The van der Waals surface area contributed by atoms with Crippen LogP contribution in [0.4, 0.5) is 0 Å². The fourth-order valence-corrected chi connectivity index (χ4v) is 3.88. The van der Waals surface area contributed by atoms with Gasteiger partial charge in [-0.25, -0.2) is 8.42 Å². The Bertz CT molecular complexity index is 650. The third-order valence-electron chi connectivity index (χ3n) is 4.31. The molecule has 0 aromatic carbocycles. The first kappa shape index (κ1) is 14.5. The summed E-state index contributed by atoms with van der Waals surface area (Å²) in [6.45, 7) is 0.882. The Labute approximate surface area is 124 Å². The second kappa shape index (κ2) is 5.10. The van der Waals surface area contributed by atoms with Crippen molar-refractivity contribution in [1.82, 2.24) is 19.4 Å². The number of carbonyl (C=O) groups is 1. The molecule has 0 unspecified atom stereocenters. The van der Waals surface area contributed by atoms with Gasteiger partial charge in [0.05, 0.1) is 18.0 Å². The van der Waals surface area contributed by atoms with Crippen molar-refractivity contribution in [2.75, 3.05) is 19.3 Å². The van der Waals surface area contributed by atoms with Crippen LogP contribution in [0.25, 0.3) is 0 Å². The molecule has 1 aromatic rings. The largest absolute Gasteiger partial charge is 0.348 e. The highest BCUT2D eigenvalue weighted by atomic mass is 32.2. The number of hydrogen-bond acceptors (Lipinski definition) is 4. The zero-order chi connectivity index (χ0) is 15.2. The van der Waals surface area contributed by atoms with Gasteiger partial charge in [-0.05, 0) is 24.7 Å². The molecule has 1 N–H and O–H groups in total. The van der Waals surface area contributed by atoms with Gasteiger partial charge in [0.25, 0.3) is 5.91 Å². The van der Waals surface area contributed by atoms with Crippen LogP contribution in [-0.4, -0.2) is 53.8 Å². The van der Waals surface area contributed by atoms with E-state index in [4.69, 9.17) is 0 Å². The zero-order valence-electron chi connectivity index (χ0n) is 12.2. The van der Waals surface area contributed by atoms with E-state index in [0.29, 0.717) is 24.6 Å². The number of carbonyl (C=O) groups excluding carboxylic acids is 1. The third kappa shape index (κ3) is 3.11. The van der Waals surface area contributed by atoms with E-state index in [1.807, 2.05) is 0 Å². The van der Waals surface area contributed by atoms with Crippen LogP contribution in [0.2, 0.25) is 0 Å². The molecular weight excluding hydrogens is 292 g/mol. The van der Waals surface area contributed by atoms with E-state index in [1.54, 1.807) is 17.9 Å². The molecule has 2 heterocycles. The highest BCUT2D eigenvalue weighted by Gasteiger charge is 2.45. The van der Waals surface area contributed by atoms with Gasteiger partial charge < -0.3 is 5.32 Å². The molecule has 1 amide bonds. The van der Waals surface area contributed by atoms with Crippen LogP contribution < -0.4 is 5.32 Å². The molecular formula is C13H20N4O3S. The molecule has 1 aliphatic carbocycles. The first-order valence-electron chi connectivity index (χ1n) is 7.09. The summed E-state index contributed by atoms with van der Waals surface area (Å²) in [4.78, 5) is 12.2. The van der Waals surface area contributed by atoms with E-state index in [2.05, 4.69) is 10.4 Å². The first-order chi connectivity index (χ1) is 9.84. The minimum absolute atomic E-state index is 0.111. The highest BCUT2D eigenvalue weighted by Crippen LogP contribution is 2.41. The van der Waals surface area contributed by atoms with Gasteiger partial charge in [0.1, 0.15) is 0 Å². The average Bonchev–Trinajstić information content (AvgIpc) is 2.99. The number of rotatable bonds is 4. The standard InChI is InChI=1S/C13H20N4O3S/c1-16-6-10(5-14-16)13(18)15-12-8-17(21(2,19)20)7-11(12)9-3-4-9/h5-6,9,11-12H,3-4,7-8H2,1-2H3,(H,15,18)/t11-,12+/m1/s1. The maximum Gasteiger partial charge on any atom is 0.254 e. The normalized spacial score (nSPS) is 27.0. The van der Waals surface area contributed by atoms with Crippen molar-refractivity contribution in [3.05, 3.63) is 18.0 Å². The lowest BCUT2D eigenvalue weighted by atomic mass is 9.98. The number of aryl methyl sites for hydroxylation is 1. The number of nitrogens with one attached hydrogen (secondary N) is 1. The average molecular weight is 312 g/mol. The molecule has 0 spiro atoms. The van der Waals surface area contributed by atoms with E-state index >= 15 is 0 Å². The molecule has 1 saturated carbocycles. The summed E-state index contributed by atoms with van der Waals surface area (Å²) >= 11 is 0. The molecule has 0 bridgehead atoms. The Balaban J connectivity index is 1.72. The monoisotopic (exact) mass is 312 g/mol. The Kier molecular flexibility index (Phi) is 3.53. The maximum absolute atomic E-state index is 12.2. The second-order valence-electron chi connectivity index (χ2n) is 6.06. The van der Waals surface area contributed by atoms with Crippen molar-refractivity contribution in [3.8, 4) is 0 Å². The van der Waals surface area contributed by atoms with Gasteiger partial charge in [-0.15, -0.1) is 0 Å². The van der Waals surface area contributed by atoms with Crippen LogP contribution in [0, 0.1) is 11.8 Å². The van der Waals surface area contributed by atoms with Crippen LogP contribution in [-0.2, 0) is 17.1 Å². The van der Waals surface area contributed by atoms with E-state index < -0.39 is 10.0 Å². The smallest absolute Gasteiger partial charge is 0.254 e. The number of aromatic nitrogens is 2. The number of hydrogen-bond donors (Lipinski definition) is 1. The topological polar surface area (TPSA) is 84.3 Å². The van der Waals surface area contributed by atoms with Crippen molar-refractivity contribution in [3.63, 3.8) is 0 Å². The Hall–Kier alpha value is -1.41. The molecule has 1 aromatic heterocycles. The predicted molar refractivity (Wildman–Crippen MR) is 77.1 cm³/mol. The number of sulfonamides is 1. The molecule has 2 fully saturated rings. The van der Waals surface area contributed by atoms with Gasteiger partial charge >= 0.3 is 0 Å². The lowest BCUT2D eigenvalue weighted by Crippen LogP contribution is -2.41.